The van der Waals surface area contributed by atoms with E-state index < -0.39 is 15.8 Å². The minimum absolute atomic E-state index is 0.0527. The Bertz CT molecular complexity index is 1040. The minimum atomic E-state index is -3.89. The van der Waals surface area contributed by atoms with Crippen molar-refractivity contribution in [2.75, 3.05) is 0 Å². The zero-order chi connectivity index (χ0) is 19.4. The van der Waals surface area contributed by atoms with Crippen molar-refractivity contribution in [2.45, 2.75) is 31.8 Å². The first-order chi connectivity index (χ1) is 12.9. The molecule has 0 aliphatic carbocycles. The van der Waals surface area contributed by atoms with Crippen molar-refractivity contribution in [3.8, 4) is 0 Å². The molecule has 0 spiro atoms. The lowest BCUT2D eigenvalue weighted by molar-refractivity contribution is 0.399. The number of aromatic nitrogens is 1. The highest BCUT2D eigenvalue weighted by atomic mass is 32.2. The van der Waals surface area contributed by atoms with Crippen LogP contribution in [0.15, 0.2) is 71.9 Å². The molecule has 0 radical (unpaired) electrons. The number of rotatable bonds is 6. The maximum atomic E-state index is 14.0. The van der Waals surface area contributed by atoms with E-state index in [1.807, 2.05) is 37.3 Å². The van der Waals surface area contributed by atoms with Crippen LogP contribution in [0.1, 0.15) is 22.3 Å². The Labute approximate surface area is 159 Å². The zero-order valence-electron chi connectivity index (χ0n) is 15.3. The number of hydrogen-bond acceptors (Lipinski definition) is 3. The summed E-state index contributed by atoms with van der Waals surface area (Å²) >= 11 is 0. The molecule has 0 saturated heterocycles. The van der Waals surface area contributed by atoms with Crippen LogP contribution in [0.2, 0.25) is 0 Å². The highest BCUT2D eigenvalue weighted by Gasteiger charge is 2.26. The molecule has 0 bridgehead atoms. The van der Waals surface area contributed by atoms with Gasteiger partial charge in [-0.3, -0.25) is 4.98 Å². The molecule has 27 heavy (non-hydrogen) atoms. The fraction of sp³-hybridized carbons (Fsp3) is 0.190. The number of nitrogens with zero attached hydrogens (tertiary/aromatic N) is 2. The summed E-state index contributed by atoms with van der Waals surface area (Å²) in [6.45, 7) is 3.89. The average Bonchev–Trinajstić information content (AvgIpc) is 2.66. The largest absolute Gasteiger partial charge is 0.264 e. The van der Waals surface area contributed by atoms with Gasteiger partial charge in [-0.2, -0.15) is 4.31 Å². The molecule has 0 amide bonds. The molecule has 0 atom stereocenters. The van der Waals surface area contributed by atoms with E-state index in [0.717, 1.165) is 22.8 Å². The molecule has 4 nitrogen and oxygen atoms in total. The maximum Gasteiger partial charge on any atom is 0.243 e. The third-order valence-corrected chi connectivity index (χ3v) is 6.26. The fourth-order valence-electron chi connectivity index (χ4n) is 2.78. The zero-order valence-corrected chi connectivity index (χ0v) is 16.1. The molecular formula is C21H21FN2O2S. The van der Waals surface area contributed by atoms with Crippen molar-refractivity contribution < 1.29 is 12.8 Å². The van der Waals surface area contributed by atoms with Crippen LogP contribution in [0.5, 0.6) is 0 Å². The van der Waals surface area contributed by atoms with Gasteiger partial charge < -0.3 is 0 Å². The van der Waals surface area contributed by atoms with Crippen molar-refractivity contribution in [1.29, 1.82) is 0 Å². The number of hydrogen-bond donors (Lipinski definition) is 0. The van der Waals surface area contributed by atoms with Crippen LogP contribution >= 0.6 is 0 Å². The molecule has 0 aliphatic rings. The second-order valence-corrected chi connectivity index (χ2v) is 8.41. The Balaban J connectivity index is 2.02. The van der Waals surface area contributed by atoms with E-state index in [0.29, 0.717) is 5.56 Å². The minimum Gasteiger partial charge on any atom is -0.264 e. The smallest absolute Gasteiger partial charge is 0.243 e. The molecule has 0 saturated carbocycles. The van der Waals surface area contributed by atoms with Crippen LogP contribution in [0.25, 0.3) is 0 Å². The Hall–Kier alpha value is -2.57. The first kappa shape index (κ1) is 19.2. The van der Waals surface area contributed by atoms with E-state index in [-0.39, 0.29) is 18.0 Å². The third-order valence-electron chi connectivity index (χ3n) is 4.47. The summed E-state index contributed by atoms with van der Waals surface area (Å²) in [5.74, 6) is -0.534. The van der Waals surface area contributed by atoms with Gasteiger partial charge in [-0.05, 0) is 54.3 Å². The van der Waals surface area contributed by atoms with Gasteiger partial charge in [0.25, 0.3) is 0 Å². The topological polar surface area (TPSA) is 50.3 Å². The van der Waals surface area contributed by atoms with Crippen LogP contribution in [0.3, 0.4) is 0 Å². The summed E-state index contributed by atoms with van der Waals surface area (Å²) in [5, 5.41) is 0. The second kappa shape index (κ2) is 7.98. The predicted octanol–water partition coefficient (Wildman–Crippen LogP) is 4.23. The second-order valence-electron chi connectivity index (χ2n) is 6.47. The summed E-state index contributed by atoms with van der Waals surface area (Å²) in [6.07, 6.45) is 3.27. The standard InChI is InChI=1S/C21H21FN2O2S/c1-16-6-3-4-8-19(16)15-24(14-18-7-5-11-23-13-18)27(25,26)20-10-9-17(2)21(22)12-20/h3-13H,14-15H2,1-2H3. The number of benzene rings is 2. The molecule has 3 rings (SSSR count). The Morgan fingerprint density at radius 2 is 1.74 bits per heavy atom. The summed E-state index contributed by atoms with van der Waals surface area (Å²) in [6, 6.07) is 15.2. The van der Waals surface area contributed by atoms with E-state index >= 15 is 0 Å². The van der Waals surface area contributed by atoms with Crippen LogP contribution in [0.4, 0.5) is 4.39 Å². The Morgan fingerprint density at radius 3 is 2.41 bits per heavy atom. The van der Waals surface area contributed by atoms with Crippen LogP contribution in [-0.2, 0) is 23.1 Å². The summed E-state index contributed by atoms with van der Waals surface area (Å²) in [5.41, 5.74) is 3.07. The lowest BCUT2D eigenvalue weighted by Crippen LogP contribution is -2.30. The lowest BCUT2D eigenvalue weighted by Gasteiger charge is -2.23. The Morgan fingerprint density at radius 1 is 0.963 bits per heavy atom. The van der Waals surface area contributed by atoms with Crippen LogP contribution < -0.4 is 0 Å². The van der Waals surface area contributed by atoms with Gasteiger partial charge in [-0.25, -0.2) is 12.8 Å². The number of halogens is 1. The molecule has 140 valence electrons. The van der Waals surface area contributed by atoms with E-state index in [4.69, 9.17) is 0 Å². The summed E-state index contributed by atoms with van der Waals surface area (Å²) in [4.78, 5) is 4.01. The van der Waals surface area contributed by atoms with Gasteiger partial charge in [-0.1, -0.05) is 36.4 Å². The Kier molecular flexibility index (Phi) is 5.68. The van der Waals surface area contributed by atoms with Gasteiger partial charge in [0.2, 0.25) is 10.0 Å². The first-order valence-corrected chi connectivity index (χ1v) is 10.0. The summed E-state index contributed by atoms with van der Waals surface area (Å²) in [7, 11) is -3.89. The quantitative estimate of drug-likeness (QED) is 0.639. The van der Waals surface area contributed by atoms with Gasteiger partial charge in [0.1, 0.15) is 5.82 Å². The average molecular weight is 384 g/mol. The van der Waals surface area contributed by atoms with Crippen molar-refractivity contribution >= 4 is 10.0 Å². The van der Waals surface area contributed by atoms with Gasteiger partial charge in [-0.15, -0.1) is 0 Å². The molecule has 0 aliphatic heterocycles. The van der Waals surface area contributed by atoms with Crippen LogP contribution in [0, 0.1) is 19.7 Å². The van der Waals surface area contributed by atoms with Gasteiger partial charge >= 0.3 is 0 Å². The molecule has 0 N–H and O–H groups in total. The molecule has 2 aromatic carbocycles. The lowest BCUT2D eigenvalue weighted by atomic mass is 10.1. The van der Waals surface area contributed by atoms with E-state index in [1.54, 1.807) is 25.4 Å². The monoisotopic (exact) mass is 384 g/mol. The van der Waals surface area contributed by atoms with Gasteiger partial charge in [0, 0.05) is 25.5 Å². The van der Waals surface area contributed by atoms with Crippen molar-refractivity contribution in [3.05, 3.63) is 95.1 Å². The molecule has 0 unspecified atom stereocenters. The van der Waals surface area contributed by atoms with Crippen molar-refractivity contribution in [2.24, 2.45) is 0 Å². The SMILES string of the molecule is Cc1ccc(S(=O)(=O)N(Cc2cccnc2)Cc2ccccc2C)cc1F. The van der Waals surface area contributed by atoms with Gasteiger partial charge in [0.15, 0.2) is 0 Å². The highest BCUT2D eigenvalue weighted by molar-refractivity contribution is 7.89. The maximum absolute atomic E-state index is 14.0. The van der Waals surface area contributed by atoms with E-state index in [2.05, 4.69) is 4.98 Å². The number of sulfonamides is 1. The molecule has 1 aromatic heterocycles. The van der Waals surface area contributed by atoms with Crippen molar-refractivity contribution in [3.63, 3.8) is 0 Å². The van der Waals surface area contributed by atoms with Crippen molar-refractivity contribution in [1.82, 2.24) is 9.29 Å². The molecular weight excluding hydrogens is 363 g/mol. The fourth-order valence-corrected chi connectivity index (χ4v) is 4.20. The molecule has 6 heteroatoms. The molecule has 0 fully saturated rings. The predicted molar refractivity (Wildman–Crippen MR) is 103 cm³/mol. The van der Waals surface area contributed by atoms with E-state index in [9.17, 15) is 12.8 Å². The first-order valence-electron chi connectivity index (χ1n) is 8.57. The number of aryl methyl sites for hydroxylation is 2. The molecule has 1 heterocycles. The summed E-state index contributed by atoms with van der Waals surface area (Å²) < 4.78 is 41.9. The highest BCUT2D eigenvalue weighted by Crippen LogP contribution is 2.23. The molecule has 3 aromatic rings. The third kappa shape index (κ3) is 4.40. The normalized spacial score (nSPS) is 11.7. The van der Waals surface area contributed by atoms with E-state index in [1.165, 1.54) is 16.4 Å². The van der Waals surface area contributed by atoms with Crippen LogP contribution in [-0.4, -0.2) is 17.7 Å². The number of pyridine rings is 1. The van der Waals surface area contributed by atoms with Gasteiger partial charge in [0.05, 0.1) is 4.90 Å².